The number of rotatable bonds is 1. The van der Waals surface area contributed by atoms with E-state index in [1.54, 1.807) is 5.48 Å². The van der Waals surface area contributed by atoms with E-state index in [0.717, 1.165) is 10.0 Å². The van der Waals surface area contributed by atoms with Crippen LogP contribution in [-0.2, 0) is 6.54 Å². The largest absolute Gasteiger partial charge is 0.326 e. The van der Waals surface area contributed by atoms with Gasteiger partial charge in [0.1, 0.15) is 0 Å². The SMILES string of the molecule is CNO.NCc1cccc(Br)c1. The molecule has 0 aliphatic carbocycles. The number of halogens is 1. The third-order valence-corrected chi connectivity index (χ3v) is 1.62. The molecular weight excluding hydrogens is 220 g/mol. The summed E-state index contributed by atoms with van der Waals surface area (Å²) in [6.45, 7) is 0.611. The van der Waals surface area contributed by atoms with Gasteiger partial charge in [-0.05, 0) is 17.7 Å². The van der Waals surface area contributed by atoms with Crippen molar-refractivity contribution in [1.29, 1.82) is 0 Å². The fraction of sp³-hybridized carbons (Fsp3) is 0.250. The molecular formula is C8H13BrN2O. The van der Waals surface area contributed by atoms with Crippen LogP contribution in [0.5, 0.6) is 0 Å². The molecule has 3 nitrogen and oxygen atoms in total. The van der Waals surface area contributed by atoms with Crippen LogP contribution in [0, 0.1) is 0 Å². The summed E-state index contributed by atoms with van der Waals surface area (Å²) in [5, 5.41) is 7.32. The number of nitrogens with one attached hydrogen (secondary N) is 1. The van der Waals surface area contributed by atoms with Crippen LogP contribution in [0.2, 0.25) is 0 Å². The molecule has 0 saturated carbocycles. The molecule has 0 radical (unpaired) electrons. The van der Waals surface area contributed by atoms with Crippen molar-refractivity contribution < 1.29 is 5.21 Å². The molecule has 0 bridgehead atoms. The predicted octanol–water partition coefficient (Wildman–Crippen LogP) is 1.50. The second-order valence-electron chi connectivity index (χ2n) is 2.06. The van der Waals surface area contributed by atoms with E-state index in [2.05, 4.69) is 15.9 Å². The smallest absolute Gasteiger partial charge is 0.0178 e. The second kappa shape index (κ2) is 7.24. The molecule has 1 aromatic carbocycles. The first-order valence-corrected chi connectivity index (χ1v) is 4.29. The zero-order valence-corrected chi connectivity index (χ0v) is 8.51. The van der Waals surface area contributed by atoms with Gasteiger partial charge in [0.05, 0.1) is 0 Å². The molecule has 68 valence electrons. The van der Waals surface area contributed by atoms with Crippen molar-refractivity contribution >= 4 is 15.9 Å². The molecule has 0 aromatic heterocycles. The molecule has 0 amide bonds. The highest BCUT2D eigenvalue weighted by Crippen LogP contribution is 2.10. The third kappa shape index (κ3) is 5.26. The Bertz CT molecular complexity index is 218. The van der Waals surface area contributed by atoms with Gasteiger partial charge in [0, 0.05) is 18.1 Å². The summed E-state index contributed by atoms with van der Waals surface area (Å²) in [7, 11) is 1.43. The highest BCUT2D eigenvalue weighted by Gasteiger charge is 1.87. The van der Waals surface area contributed by atoms with Gasteiger partial charge in [-0.25, -0.2) is 5.48 Å². The van der Waals surface area contributed by atoms with Gasteiger partial charge in [-0.1, -0.05) is 28.1 Å². The van der Waals surface area contributed by atoms with Gasteiger partial charge in [-0.15, -0.1) is 0 Å². The van der Waals surface area contributed by atoms with Crippen LogP contribution in [0.1, 0.15) is 5.56 Å². The van der Waals surface area contributed by atoms with E-state index in [-0.39, 0.29) is 0 Å². The van der Waals surface area contributed by atoms with Crippen LogP contribution in [0.25, 0.3) is 0 Å². The lowest BCUT2D eigenvalue weighted by molar-refractivity contribution is 0.194. The van der Waals surface area contributed by atoms with Crippen molar-refractivity contribution in [2.45, 2.75) is 6.54 Å². The maximum absolute atomic E-state index is 7.32. The van der Waals surface area contributed by atoms with Crippen LogP contribution in [0.4, 0.5) is 0 Å². The Morgan fingerprint density at radius 1 is 1.58 bits per heavy atom. The van der Waals surface area contributed by atoms with Gasteiger partial charge in [0.2, 0.25) is 0 Å². The summed E-state index contributed by atoms with van der Waals surface area (Å²) in [6.07, 6.45) is 0. The van der Waals surface area contributed by atoms with Gasteiger partial charge in [-0.2, -0.15) is 0 Å². The van der Waals surface area contributed by atoms with Crippen LogP contribution in [0.3, 0.4) is 0 Å². The van der Waals surface area contributed by atoms with Gasteiger partial charge >= 0.3 is 0 Å². The Morgan fingerprint density at radius 2 is 2.17 bits per heavy atom. The third-order valence-electron chi connectivity index (χ3n) is 1.12. The Hall–Kier alpha value is -0.420. The Morgan fingerprint density at radius 3 is 2.50 bits per heavy atom. The number of hydrogen-bond acceptors (Lipinski definition) is 3. The van der Waals surface area contributed by atoms with Crippen LogP contribution >= 0.6 is 15.9 Å². The molecule has 0 aliphatic rings. The van der Waals surface area contributed by atoms with Crippen molar-refractivity contribution in [1.82, 2.24) is 5.48 Å². The van der Waals surface area contributed by atoms with Gasteiger partial charge in [0.15, 0.2) is 0 Å². The normalized spacial score (nSPS) is 8.67. The van der Waals surface area contributed by atoms with E-state index in [0.29, 0.717) is 6.54 Å². The number of nitrogens with two attached hydrogens (primary N) is 1. The molecule has 1 aromatic rings. The summed E-state index contributed by atoms with van der Waals surface area (Å²) < 4.78 is 1.09. The topological polar surface area (TPSA) is 58.3 Å². The quantitative estimate of drug-likeness (QED) is 0.644. The Labute approximate surface area is 80.7 Å². The minimum absolute atomic E-state index is 0.611. The van der Waals surface area contributed by atoms with Crippen molar-refractivity contribution in [2.75, 3.05) is 7.05 Å². The van der Waals surface area contributed by atoms with Crippen LogP contribution in [0.15, 0.2) is 28.7 Å². The molecule has 4 heteroatoms. The Kier molecular flexibility index (Phi) is 6.99. The molecule has 0 atom stereocenters. The van der Waals surface area contributed by atoms with E-state index in [1.165, 1.54) is 7.05 Å². The standard InChI is InChI=1S/C7H8BrN.CH5NO/c8-7-3-1-2-6(4-7)5-9;1-2-3/h1-4H,5,9H2;2-3H,1H3. The summed E-state index contributed by atoms with van der Waals surface area (Å²) in [4.78, 5) is 0. The highest BCUT2D eigenvalue weighted by atomic mass is 79.9. The predicted molar refractivity (Wildman–Crippen MR) is 52.9 cm³/mol. The lowest BCUT2D eigenvalue weighted by Crippen LogP contribution is -1.94. The minimum atomic E-state index is 0.611. The van der Waals surface area contributed by atoms with Gasteiger partial charge < -0.3 is 10.9 Å². The monoisotopic (exact) mass is 232 g/mol. The molecule has 12 heavy (non-hydrogen) atoms. The molecule has 0 unspecified atom stereocenters. The average Bonchev–Trinajstić information content (AvgIpc) is 2.06. The van der Waals surface area contributed by atoms with Crippen LogP contribution < -0.4 is 11.2 Å². The van der Waals surface area contributed by atoms with Crippen LogP contribution in [-0.4, -0.2) is 12.3 Å². The van der Waals surface area contributed by atoms with Crippen molar-refractivity contribution in [3.8, 4) is 0 Å². The molecule has 1 rings (SSSR count). The van der Waals surface area contributed by atoms with E-state index in [9.17, 15) is 0 Å². The lowest BCUT2D eigenvalue weighted by Gasteiger charge is -1.94. The average molecular weight is 233 g/mol. The molecule has 0 spiro atoms. The zero-order valence-electron chi connectivity index (χ0n) is 6.92. The summed E-state index contributed by atoms with van der Waals surface area (Å²) in [5.74, 6) is 0. The first kappa shape index (κ1) is 11.6. The molecule has 0 saturated heterocycles. The summed E-state index contributed by atoms with van der Waals surface area (Å²) in [5.41, 5.74) is 8.30. The molecule has 0 fully saturated rings. The van der Waals surface area contributed by atoms with Crippen molar-refractivity contribution in [2.24, 2.45) is 5.73 Å². The highest BCUT2D eigenvalue weighted by molar-refractivity contribution is 9.10. The summed E-state index contributed by atoms with van der Waals surface area (Å²) >= 11 is 3.35. The maximum Gasteiger partial charge on any atom is 0.0178 e. The number of hydroxylamine groups is 1. The molecule has 0 heterocycles. The second-order valence-corrected chi connectivity index (χ2v) is 2.97. The van der Waals surface area contributed by atoms with Gasteiger partial charge in [-0.3, -0.25) is 0 Å². The molecule has 0 aliphatic heterocycles. The molecule has 4 N–H and O–H groups in total. The van der Waals surface area contributed by atoms with E-state index in [4.69, 9.17) is 10.9 Å². The number of hydrogen-bond donors (Lipinski definition) is 3. The van der Waals surface area contributed by atoms with Crippen molar-refractivity contribution in [3.05, 3.63) is 34.3 Å². The van der Waals surface area contributed by atoms with Crippen molar-refractivity contribution in [3.63, 3.8) is 0 Å². The first-order chi connectivity index (χ1) is 5.74. The van der Waals surface area contributed by atoms with E-state index < -0.39 is 0 Å². The zero-order chi connectivity index (χ0) is 9.40. The maximum atomic E-state index is 7.32. The van der Waals surface area contributed by atoms with Gasteiger partial charge in [0.25, 0.3) is 0 Å². The van der Waals surface area contributed by atoms with E-state index in [1.807, 2.05) is 24.3 Å². The fourth-order valence-electron chi connectivity index (χ4n) is 0.664. The first-order valence-electron chi connectivity index (χ1n) is 3.50. The fourth-order valence-corrected chi connectivity index (χ4v) is 1.11. The lowest BCUT2D eigenvalue weighted by atomic mass is 10.2. The number of benzene rings is 1. The van der Waals surface area contributed by atoms with E-state index >= 15 is 0 Å². The Balaban J connectivity index is 0.000000354. The summed E-state index contributed by atoms with van der Waals surface area (Å²) in [6, 6.07) is 7.98. The minimum Gasteiger partial charge on any atom is -0.326 e.